The van der Waals surface area contributed by atoms with Crippen molar-refractivity contribution in [3.05, 3.63) is 53.7 Å². The summed E-state index contributed by atoms with van der Waals surface area (Å²) in [6.45, 7) is 0.0156. The van der Waals surface area contributed by atoms with E-state index in [-0.39, 0.29) is 6.61 Å². The first-order chi connectivity index (χ1) is 8.33. The molecule has 0 bridgehead atoms. The van der Waals surface area contributed by atoms with Gasteiger partial charge in [0.15, 0.2) is 0 Å². The minimum absolute atomic E-state index is 0.0156. The van der Waals surface area contributed by atoms with Crippen LogP contribution < -0.4 is 0 Å². The van der Waals surface area contributed by atoms with Gasteiger partial charge < -0.3 is 5.11 Å². The van der Waals surface area contributed by atoms with Crippen LogP contribution in [0, 0.1) is 11.3 Å². The van der Waals surface area contributed by atoms with E-state index in [0.717, 1.165) is 10.5 Å². The molecule has 0 saturated carbocycles. The molecule has 84 valence electrons. The minimum Gasteiger partial charge on any atom is -0.392 e. The number of aliphatic hydroxyl groups is 1. The van der Waals surface area contributed by atoms with Crippen molar-refractivity contribution in [1.82, 2.24) is 4.98 Å². The van der Waals surface area contributed by atoms with Crippen molar-refractivity contribution in [1.29, 1.82) is 5.26 Å². The summed E-state index contributed by atoms with van der Waals surface area (Å²) in [6, 6.07) is 13.1. The second-order valence-electron chi connectivity index (χ2n) is 3.38. The standard InChI is InChI=1S/C13H10N2OS/c14-8-11-4-2-6-15-13(11)17-12-5-1-3-10(7-12)9-16/h1-7,16H,9H2. The van der Waals surface area contributed by atoms with Gasteiger partial charge in [0.2, 0.25) is 0 Å². The van der Waals surface area contributed by atoms with E-state index in [1.54, 1.807) is 18.3 Å². The Hall–Kier alpha value is -1.83. The summed E-state index contributed by atoms with van der Waals surface area (Å²) in [6.07, 6.45) is 1.67. The number of benzene rings is 1. The predicted octanol–water partition coefficient (Wildman–Crippen LogP) is 2.60. The van der Waals surface area contributed by atoms with Gasteiger partial charge in [-0.1, -0.05) is 23.9 Å². The van der Waals surface area contributed by atoms with Crippen LogP contribution in [0.3, 0.4) is 0 Å². The van der Waals surface area contributed by atoms with Crippen molar-refractivity contribution < 1.29 is 5.11 Å². The van der Waals surface area contributed by atoms with Crippen molar-refractivity contribution >= 4 is 11.8 Å². The maximum atomic E-state index is 9.05. The van der Waals surface area contributed by atoms with E-state index in [9.17, 15) is 0 Å². The molecule has 0 amide bonds. The van der Waals surface area contributed by atoms with Crippen LogP contribution in [0.1, 0.15) is 11.1 Å². The van der Waals surface area contributed by atoms with Crippen LogP contribution in [0.25, 0.3) is 0 Å². The fraction of sp³-hybridized carbons (Fsp3) is 0.0769. The Balaban J connectivity index is 2.28. The Labute approximate surface area is 104 Å². The molecule has 0 fully saturated rings. The number of rotatable bonds is 3. The zero-order valence-electron chi connectivity index (χ0n) is 9.00. The molecule has 3 nitrogen and oxygen atoms in total. The Morgan fingerprint density at radius 1 is 1.29 bits per heavy atom. The summed E-state index contributed by atoms with van der Waals surface area (Å²) in [5.74, 6) is 0. The predicted molar refractivity (Wildman–Crippen MR) is 65.4 cm³/mol. The fourth-order valence-electron chi connectivity index (χ4n) is 1.38. The second kappa shape index (κ2) is 5.48. The van der Waals surface area contributed by atoms with Gasteiger partial charge in [-0.25, -0.2) is 4.98 Å². The van der Waals surface area contributed by atoms with Crippen LogP contribution >= 0.6 is 11.8 Å². The van der Waals surface area contributed by atoms with Gasteiger partial charge >= 0.3 is 0 Å². The number of nitriles is 1. The first kappa shape index (κ1) is 11.6. The quantitative estimate of drug-likeness (QED) is 0.898. The minimum atomic E-state index is 0.0156. The lowest BCUT2D eigenvalue weighted by Crippen LogP contribution is -1.87. The number of hydrogen-bond donors (Lipinski definition) is 1. The highest BCUT2D eigenvalue weighted by atomic mass is 32.2. The molecule has 2 rings (SSSR count). The zero-order valence-corrected chi connectivity index (χ0v) is 9.81. The molecule has 1 heterocycles. The Bertz CT molecular complexity index is 563. The highest BCUT2D eigenvalue weighted by Gasteiger charge is 2.05. The lowest BCUT2D eigenvalue weighted by atomic mass is 10.2. The van der Waals surface area contributed by atoms with Crippen LogP contribution in [-0.4, -0.2) is 10.1 Å². The molecule has 1 aromatic carbocycles. The molecule has 4 heteroatoms. The summed E-state index contributed by atoms with van der Waals surface area (Å²) < 4.78 is 0. The van der Waals surface area contributed by atoms with E-state index in [1.165, 1.54) is 11.8 Å². The van der Waals surface area contributed by atoms with Crippen LogP contribution in [0.4, 0.5) is 0 Å². The van der Waals surface area contributed by atoms with Crippen molar-refractivity contribution in [3.8, 4) is 6.07 Å². The van der Waals surface area contributed by atoms with Gasteiger partial charge in [0.05, 0.1) is 12.2 Å². The highest BCUT2D eigenvalue weighted by Crippen LogP contribution is 2.28. The van der Waals surface area contributed by atoms with Gasteiger partial charge in [-0.2, -0.15) is 5.26 Å². The maximum absolute atomic E-state index is 9.05. The highest BCUT2D eigenvalue weighted by molar-refractivity contribution is 7.99. The normalized spacial score (nSPS) is 9.88. The molecular weight excluding hydrogens is 232 g/mol. The fourth-order valence-corrected chi connectivity index (χ4v) is 2.29. The molecule has 0 aliphatic heterocycles. The molecule has 0 aliphatic carbocycles. The SMILES string of the molecule is N#Cc1cccnc1Sc1cccc(CO)c1. The number of nitrogens with zero attached hydrogens (tertiary/aromatic N) is 2. The molecule has 0 spiro atoms. The molecule has 1 aromatic heterocycles. The molecule has 1 N–H and O–H groups in total. The average Bonchev–Trinajstić information content (AvgIpc) is 2.39. The van der Waals surface area contributed by atoms with E-state index in [4.69, 9.17) is 10.4 Å². The second-order valence-corrected chi connectivity index (χ2v) is 4.44. The van der Waals surface area contributed by atoms with E-state index in [1.807, 2.05) is 24.3 Å². The van der Waals surface area contributed by atoms with Crippen LogP contribution in [0.2, 0.25) is 0 Å². The molecular formula is C13H10N2OS. The Morgan fingerprint density at radius 2 is 2.18 bits per heavy atom. The Morgan fingerprint density at radius 3 is 2.94 bits per heavy atom. The third kappa shape index (κ3) is 2.84. The number of pyridine rings is 1. The molecule has 0 aliphatic rings. The molecule has 2 aromatic rings. The van der Waals surface area contributed by atoms with Gasteiger partial charge in [0.1, 0.15) is 11.1 Å². The lowest BCUT2D eigenvalue weighted by Gasteiger charge is -2.03. The number of hydrogen-bond acceptors (Lipinski definition) is 4. The number of aromatic nitrogens is 1. The first-order valence-electron chi connectivity index (χ1n) is 5.06. The molecule has 0 unspecified atom stereocenters. The topological polar surface area (TPSA) is 56.9 Å². The van der Waals surface area contributed by atoms with Gasteiger partial charge in [-0.15, -0.1) is 0 Å². The van der Waals surface area contributed by atoms with Crippen LogP contribution in [0.15, 0.2) is 52.5 Å². The van der Waals surface area contributed by atoms with Gasteiger partial charge in [0, 0.05) is 11.1 Å². The van der Waals surface area contributed by atoms with Crippen molar-refractivity contribution in [2.24, 2.45) is 0 Å². The number of aliphatic hydroxyl groups excluding tert-OH is 1. The van der Waals surface area contributed by atoms with E-state index < -0.39 is 0 Å². The van der Waals surface area contributed by atoms with Crippen LogP contribution in [0.5, 0.6) is 0 Å². The molecule has 0 saturated heterocycles. The van der Waals surface area contributed by atoms with Gasteiger partial charge in [-0.3, -0.25) is 0 Å². The first-order valence-corrected chi connectivity index (χ1v) is 5.88. The van der Waals surface area contributed by atoms with Gasteiger partial charge in [0.25, 0.3) is 0 Å². The van der Waals surface area contributed by atoms with Crippen molar-refractivity contribution in [3.63, 3.8) is 0 Å². The summed E-state index contributed by atoms with van der Waals surface area (Å²) in [5, 5.41) is 18.7. The largest absolute Gasteiger partial charge is 0.392 e. The summed E-state index contributed by atoms with van der Waals surface area (Å²) in [4.78, 5) is 5.14. The maximum Gasteiger partial charge on any atom is 0.119 e. The monoisotopic (exact) mass is 242 g/mol. The van der Waals surface area contributed by atoms with E-state index >= 15 is 0 Å². The Kier molecular flexibility index (Phi) is 3.76. The smallest absolute Gasteiger partial charge is 0.119 e. The van der Waals surface area contributed by atoms with E-state index in [2.05, 4.69) is 11.1 Å². The average molecular weight is 242 g/mol. The third-order valence-electron chi connectivity index (χ3n) is 2.19. The van der Waals surface area contributed by atoms with E-state index in [0.29, 0.717) is 10.6 Å². The van der Waals surface area contributed by atoms with Crippen molar-refractivity contribution in [2.75, 3.05) is 0 Å². The summed E-state index contributed by atoms with van der Waals surface area (Å²) in [5.41, 5.74) is 1.41. The summed E-state index contributed by atoms with van der Waals surface area (Å²) in [7, 11) is 0. The summed E-state index contributed by atoms with van der Waals surface area (Å²) >= 11 is 1.42. The van der Waals surface area contributed by atoms with Crippen LogP contribution in [-0.2, 0) is 6.61 Å². The van der Waals surface area contributed by atoms with Crippen molar-refractivity contribution in [2.45, 2.75) is 16.5 Å². The lowest BCUT2D eigenvalue weighted by molar-refractivity contribution is 0.281. The van der Waals surface area contributed by atoms with Gasteiger partial charge in [-0.05, 0) is 29.8 Å². The molecule has 17 heavy (non-hydrogen) atoms. The zero-order chi connectivity index (χ0) is 12.1. The molecule has 0 radical (unpaired) electrons. The third-order valence-corrected chi connectivity index (χ3v) is 3.20. The molecule has 0 atom stereocenters.